The van der Waals surface area contributed by atoms with E-state index >= 15 is 0 Å². The van der Waals surface area contributed by atoms with Crippen molar-refractivity contribution in [2.24, 2.45) is 5.10 Å². The fourth-order valence-electron chi connectivity index (χ4n) is 3.37. The molecule has 4 aromatic rings. The van der Waals surface area contributed by atoms with Crippen LogP contribution < -0.4 is 15.1 Å². The van der Waals surface area contributed by atoms with Crippen molar-refractivity contribution in [1.29, 1.82) is 0 Å². The van der Waals surface area contributed by atoms with E-state index in [1.54, 1.807) is 24.3 Å². The molecule has 4 rings (SSSR count). The number of halogens is 1. The molecule has 7 nitrogen and oxygen atoms in total. The third kappa shape index (κ3) is 5.98. The number of carbonyl (C=O) groups is 1. The molecule has 0 saturated heterocycles. The van der Waals surface area contributed by atoms with E-state index < -0.39 is 0 Å². The fraction of sp³-hybridized carbons (Fsp3) is 0.0769. The van der Waals surface area contributed by atoms with Crippen LogP contribution in [0.5, 0.6) is 5.75 Å². The van der Waals surface area contributed by atoms with Crippen LogP contribution in [0.1, 0.15) is 11.1 Å². The average Bonchev–Trinajstić information content (AvgIpc) is 3.30. The van der Waals surface area contributed by atoms with Gasteiger partial charge in [-0.1, -0.05) is 65.4 Å². The summed E-state index contributed by atoms with van der Waals surface area (Å²) in [5.74, 6) is 0.387. The molecule has 0 fully saturated rings. The summed E-state index contributed by atoms with van der Waals surface area (Å²) in [5, 5.41) is 25.1. The number of hydrogen-bond acceptors (Lipinski definition) is 5. The van der Waals surface area contributed by atoms with Gasteiger partial charge in [-0.15, -0.1) is 11.7 Å². The minimum atomic E-state index is -0.323. The van der Waals surface area contributed by atoms with Crippen LogP contribution in [-0.2, 0) is 11.2 Å². The lowest BCUT2D eigenvalue weighted by Crippen LogP contribution is -2.34. The van der Waals surface area contributed by atoms with E-state index in [9.17, 15) is 9.90 Å². The number of para-hydroxylation sites is 2. The summed E-state index contributed by atoms with van der Waals surface area (Å²) in [4.78, 5) is 12.4. The van der Waals surface area contributed by atoms with Gasteiger partial charge in [-0.2, -0.15) is 9.67 Å². The summed E-state index contributed by atoms with van der Waals surface area (Å²) in [6, 6.07) is 22.3. The predicted octanol–water partition coefficient (Wildman–Crippen LogP) is 4.05. The first-order valence-corrected chi connectivity index (χ1v) is 12.1. The third-order valence-corrected chi connectivity index (χ3v) is 6.21. The van der Waals surface area contributed by atoms with Crippen LogP contribution in [0.2, 0.25) is 5.02 Å². The van der Waals surface area contributed by atoms with Crippen molar-refractivity contribution in [2.45, 2.75) is 11.6 Å². The van der Waals surface area contributed by atoms with Crippen molar-refractivity contribution in [1.82, 2.24) is 15.6 Å². The number of benzene rings is 3. The summed E-state index contributed by atoms with van der Waals surface area (Å²) >= 11 is 7.31. The van der Waals surface area contributed by atoms with Gasteiger partial charge < -0.3 is 5.11 Å². The highest BCUT2D eigenvalue weighted by Gasteiger charge is 2.24. The number of nitrogens with one attached hydrogen (secondary N) is 2. The SMILES string of the molecule is C=CCc1cccc(C=NNC(=O)CSc2n[nH]c(-c3ccc(Cl)cc3)[n+]2-c2ccccc2)c1[O-]. The topological polar surface area (TPSA) is 97.1 Å². The van der Waals surface area contributed by atoms with Crippen LogP contribution in [0.15, 0.2) is 95.7 Å². The maximum absolute atomic E-state index is 12.4. The van der Waals surface area contributed by atoms with Crippen molar-refractivity contribution in [3.63, 3.8) is 0 Å². The number of hydrogen-bond donors (Lipinski definition) is 2. The maximum Gasteiger partial charge on any atom is 0.342 e. The van der Waals surface area contributed by atoms with E-state index in [0.29, 0.717) is 27.7 Å². The van der Waals surface area contributed by atoms with E-state index in [4.69, 9.17) is 11.6 Å². The lowest BCUT2D eigenvalue weighted by molar-refractivity contribution is -0.625. The molecule has 0 bridgehead atoms. The lowest BCUT2D eigenvalue weighted by atomic mass is 10.1. The van der Waals surface area contributed by atoms with Crippen molar-refractivity contribution in [3.05, 3.63) is 102 Å². The summed E-state index contributed by atoms with van der Waals surface area (Å²) in [6.07, 6.45) is 3.51. The second kappa shape index (κ2) is 11.5. The van der Waals surface area contributed by atoms with Crippen molar-refractivity contribution >= 4 is 35.5 Å². The summed E-state index contributed by atoms with van der Waals surface area (Å²) in [5.41, 5.74) is 5.30. The number of aromatic nitrogens is 3. The zero-order chi connectivity index (χ0) is 24.6. The van der Waals surface area contributed by atoms with Gasteiger partial charge in [0, 0.05) is 5.02 Å². The Morgan fingerprint density at radius 3 is 2.66 bits per heavy atom. The van der Waals surface area contributed by atoms with E-state index in [2.05, 4.69) is 27.3 Å². The second-order valence-corrected chi connectivity index (χ2v) is 8.82. The molecule has 0 aliphatic rings. The Balaban J connectivity index is 1.47. The van der Waals surface area contributed by atoms with E-state index in [1.807, 2.05) is 59.2 Å². The zero-order valence-electron chi connectivity index (χ0n) is 18.6. The quantitative estimate of drug-likeness (QED) is 0.118. The van der Waals surface area contributed by atoms with Crippen LogP contribution in [0.25, 0.3) is 17.1 Å². The Morgan fingerprint density at radius 1 is 1.14 bits per heavy atom. The summed E-state index contributed by atoms with van der Waals surface area (Å²) in [7, 11) is 0. The van der Waals surface area contributed by atoms with Gasteiger partial charge in [0.25, 0.3) is 11.7 Å². The molecule has 0 atom stereocenters. The summed E-state index contributed by atoms with van der Waals surface area (Å²) < 4.78 is 1.94. The van der Waals surface area contributed by atoms with E-state index in [0.717, 1.165) is 17.1 Å². The molecular formula is C26H22ClN5O2S. The molecule has 0 saturated carbocycles. The normalized spacial score (nSPS) is 11.0. The van der Waals surface area contributed by atoms with Gasteiger partial charge in [0.1, 0.15) is 5.69 Å². The number of amides is 1. The first-order chi connectivity index (χ1) is 17.1. The number of thioether (sulfide) groups is 1. The van der Waals surface area contributed by atoms with E-state index in [1.165, 1.54) is 18.0 Å². The van der Waals surface area contributed by atoms with Gasteiger partial charge >= 0.3 is 5.16 Å². The molecule has 9 heteroatoms. The molecule has 1 aromatic heterocycles. The number of aromatic amines is 1. The fourth-order valence-corrected chi connectivity index (χ4v) is 4.26. The molecular weight excluding hydrogens is 482 g/mol. The van der Waals surface area contributed by atoms with E-state index in [-0.39, 0.29) is 17.4 Å². The largest absolute Gasteiger partial charge is 0.872 e. The van der Waals surface area contributed by atoms with Crippen LogP contribution in [-0.4, -0.2) is 28.1 Å². The second-order valence-electron chi connectivity index (χ2n) is 7.44. The average molecular weight is 504 g/mol. The predicted molar refractivity (Wildman–Crippen MR) is 137 cm³/mol. The first-order valence-electron chi connectivity index (χ1n) is 10.7. The molecule has 2 N–H and O–H groups in total. The number of allylic oxidation sites excluding steroid dienone is 1. The molecule has 0 aliphatic carbocycles. The number of nitrogens with zero attached hydrogens (tertiary/aromatic N) is 3. The van der Waals surface area contributed by atoms with Crippen molar-refractivity contribution < 1.29 is 14.5 Å². The van der Waals surface area contributed by atoms with Crippen molar-refractivity contribution in [2.75, 3.05) is 5.75 Å². The van der Waals surface area contributed by atoms with Crippen LogP contribution in [0.3, 0.4) is 0 Å². The molecule has 0 unspecified atom stereocenters. The van der Waals surface area contributed by atoms with Crippen LogP contribution in [0, 0.1) is 0 Å². The minimum absolute atomic E-state index is 0.0792. The summed E-state index contributed by atoms with van der Waals surface area (Å²) in [6.45, 7) is 3.66. The molecule has 35 heavy (non-hydrogen) atoms. The standard InChI is InChI=1S/C26H22ClN5O2S/c1-2-7-18-8-6-9-20(24(18)34)16-28-29-23(33)17-35-26-31-30-25(19-12-14-21(27)15-13-19)32(26)22-10-4-3-5-11-22/h2-6,8-16H,1,7,17H2,(H2,28,29,33,34). The monoisotopic (exact) mass is 503 g/mol. The molecule has 0 aliphatic heterocycles. The number of H-pyrrole nitrogens is 1. The number of carbonyl (C=O) groups excluding carboxylic acids is 1. The molecule has 1 amide bonds. The maximum atomic E-state index is 12.4. The van der Waals surface area contributed by atoms with Crippen molar-refractivity contribution in [3.8, 4) is 22.8 Å². The van der Waals surface area contributed by atoms with Gasteiger partial charge in [-0.25, -0.2) is 5.43 Å². The molecule has 0 spiro atoms. The Morgan fingerprint density at radius 2 is 1.91 bits per heavy atom. The Kier molecular flexibility index (Phi) is 7.97. The highest BCUT2D eigenvalue weighted by Crippen LogP contribution is 2.22. The van der Waals surface area contributed by atoms with Gasteiger partial charge in [0.05, 0.1) is 22.6 Å². The number of rotatable bonds is 9. The smallest absolute Gasteiger partial charge is 0.342 e. The van der Waals surface area contributed by atoms with Gasteiger partial charge in [-0.3, -0.25) is 4.79 Å². The highest BCUT2D eigenvalue weighted by atomic mass is 35.5. The number of hydrazone groups is 1. The molecule has 1 heterocycles. The van der Waals surface area contributed by atoms with Crippen LogP contribution >= 0.6 is 23.4 Å². The van der Waals surface area contributed by atoms with Gasteiger partial charge in [0.2, 0.25) is 0 Å². The Labute approximate surface area is 212 Å². The van der Waals surface area contributed by atoms with Gasteiger partial charge in [0.15, 0.2) is 0 Å². The minimum Gasteiger partial charge on any atom is -0.872 e. The molecule has 3 aromatic carbocycles. The Bertz CT molecular complexity index is 1350. The van der Waals surface area contributed by atoms with Gasteiger partial charge in [-0.05, 0) is 60.1 Å². The molecule has 0 radical (unpaired) electrons. The Hall–Kier alpha value is -3.88. The lowest BCUT2D eigenvalue weighted by Gasteiger charge is -2.15. The van der Waals surface area contributed by atoms with Crippen LogP contribution in [0.4, 0.5) is 0 Å². The third-order valence-electron chi connectivity index (χ3n) is 5.02. The molecule has 176 valence electrons. The first kappa shape index (κ1) is 24.3. The zero-order valence-corrected chi connectivity index (χ0v) is 20.2. The highest BCUT2D eigenvalue weighted by molar-refractivity contribution is 7.99.